The lowest BCUT2D eigenvalue weighted by Crippen LogP contribution is -2.32. The van der Waals surface area contributed by atoms with Crippen LogP contribution < -0.4 is 4.90 Å². The van der Waals surface area contributed by atoms with Crippen molar-refractivity contribution in [3.05, 3.63) is 29.3 Å². The minimum Gasteiger partial charge on any atom is -0.371 e. The van der Waals surface area contributed by atoms with Crippen molar-refractivity contribution < 1.29 is 13.2 Å². The number of hydrogen-bond acceptors (Lipinski definition) is 2. The topological polar surface area (TPSA) is 27.0 Å². The van der Waals surface area contributed by atoms with E-state index in [-0.39, 0.29) is 5.56 Å². The normalized spacial score (nSPS) is 15.6. The summed E-state index contributed by atoms with van der Waals surface area (Å²) in [5.74, 6) is 0.628. The number of alkyl halides is 3. The SMILES string of the molecule is CCN(CC1CCC1)c1ccc(C(F)(F)F)c(C#N)c1. The van der Waals surface area contributed by atoms with Gasteiger partial charge in [0.2, 0.25) is 0 Å². The molecule has 0 aliphatic heterocycles. The van der Waals surface area contributed by atoms with Gasteiger partial charge >= 0.3 is 6.18 Å². The summed E-state index contributed by atoms with van der Waals surface area (Å²) in [4.78, 5) is 2.05. The van der Waals surface area contributed by atoms with E-state index in [1.54, 1.807) is 6.07 Å². The van der Waals surface area contributed by atoms with E-state index in [2.05, 4.69) is 0 Å². The lowest BCUT2D eigenvalue weighted by molar-refractivity contribution is -0.137. The highest BCUT2D eigenvalue weighted by Gasteiger charge is 2.33. The van der Waals surface area contributed by atoms with Crippen molar-refractivity contribution in [1.29, 1.82) is 5.26 Å². The molecule has 0 aromatic heterocycles. The van der Waals surface area contributed by atoms with Gasteiger partial charge in [0.25, 0.3) is 0 Å². The molecule has 0 spiro atoms. The van der Waals surface area contributed by atoms with Crippen molar-refractivity contribution >= 4 is 5.69 Å². The molecule has 0 amide bonds. The standard InChI is InChI=1S/C15H17F3N2/c1-2-20(10-11-4-3-5-11)13-6-7-14(15(16,17)18)12(8-13)9-19/h6-8,11H,2-5,10H2,1H3. The second-order valence-corrected chi connectivity index (χ2v) is 5.18. The molecule has 0 saturated heterocycles. The highest BCUT2D eigenvalue weighted by molar-refractivity contribution is 5.55. The lowest BCUT2D eigenvalue weighted by atomic mass is 9.85. The van der Waals surface area contributed by atoms with Crippen LogP contribution >= 0.6 is 0 Å². The van der Waals surface area contributed by atoms with Crippen LogP contribution in [0.15, 0.2) is 18.2 Å². The van der Waals surface area contributed by atoms with E-state index in [1.165, 1.54) is 31.4 Å². The number of halogens is 3. The van der Waals surface area contributed by atoms with Crippen LogP contribution in [0.2, 0.25) is 0 Å². The Kier molecular flexibility index (Phi) is 4.22. The van der Waals surface area contributed by atoms with Gasteiger partial charge in [0.15, 0.2) is 0 Å². The van der Waals surface area contributed by atoms with E-state index < -0.39 is 11.7 Å². The molecule has 0 heterocycles. The van der Waals surface area contributed by atoms with Gasteiger partial charge in [0.1, 0.15) is 0 Å². The quantitative estimate of drug-likeness (QED) is 0.827. The lowest BCUT2D eigenvalue weighted by Gasteiger charge is -2.33. The third-order valence-corrected chi connectivity index (χ3v) is 3.88. The molecule has 1 aliphatic rings. The van der Waals surface area contributed by atoms with E-state index in [9.17, 15) is 13.2 Å². The van der Waals surface area contributed by atoms with Crippen LogP contribution in [0.4, 0.5) is 18.9 Å². The number of nitriles is 1. The fraction of sp³-hybridized carbons (Fsp3) is 0.533. The highest BCUT2D eigenvalue weighted by atomic mass is 19.4. The number of benzene rings is 1. The first-order valence-corrected chi connectivity index (χ1v) is 6.82. The summed E-state index contributed by atoms with van der Waals surface area (Å²) >= 11 is 0. The summed E-state index contributed by atoms with van der Waals surface area (Å²) in [6, 6.07) is 5.48. The zero-order valence-electron chi connectivity index (χ0n) is 11.4. The molecule has 1 fully saturated rings. The van der Waals surface area contributed by atoms with Crippen LogP contribution in [0.5, 0.6) is 0 Å². The summed E-state index contributed by atoms with van der Waals surface area (Å²) in [5.41, 5.74) is -0.463. The molecule has 0 unspecified atom stereocenters. The Balaban J connectivity index is 2.25. The van der Waals surface area contributed by atoms with Gasteiger partial charge in [-0.1, -0.05) is 6.42 Å². The van der Waals surface area contributed by atoms with Gasteiger partial charge in [-0.05, 0) is 43.9 Å². The van der Waals surface area contributed by atoms with Gasteiger partial charge in [-0.25, -0.2) is 0 Å². The molecule has 0 N–H and O–H groups in total. The van der Waals surface area contributed by atoms with Gasteiger partial charge in [0.05, 0.1) is 17.2 Å². The van der Waals surface area contributed by atoms with E-state index in [0.29, 0.717) is 11.6 Å². The predicted octanol–water partition coefficient (Wildman–Crippen LogP) is 4.20. The Bertz CT molecular complexity index is 513. The minimum atomic E-state index is -4.48. The largest absolute Gasteiger partial charge is 0.417 e. The average molecular weight is 282 g/mol. The monoisotopic (exact) mass is 282 g/mol. The van der Waals surface area contributed by atoms with Crippen molar-refractivity contribution in [3.63, 3.8) is 0 Å². The van der Waals surface area contributed by atoms with Crippen LogP contribution in [-0.2, 0) is 6.18 Å². The van der Waals surface area contributed by atoms with Gasteiger partial charge in [-0.15, -0.1) is 0 Å². The first-order chi connectivity index (χ1) is 9.45. The fourth-order valence-electron chi connectivity index (χ4n) is 2.47. The zero-order chi connectivity index (χ0) is 14.8. The smallest absolute Gasteiger partial charge is 0.371 e. The molecule has 20 heavy (non-hydrogen) atoms. The fourth-order valence-corrected chi connectivity index (χ4v) is 2.47. The third-order valence-electron chi connectivity index (χ3n) is 3.88. The summed E-state index contributed by atoms with van der Waals surface area (Å²) in [5, 5.41) is 8.93. The van der Waals surface area contributed by atoms with Crippen LogP contribution in [0.25, 0.3) is 0 Å². The van der Waals surface area contributed by atoms with Crippen molar-refractivity contribution in [2.24, 2.45) is 5.92 Å². The van der Waals surface area contributed by atoms with Gasteiger partial charge in [-0.2, -0.15) is 18.4 Å². The van der Waals surface area contributed by atoms with Crippen molar-refractivity contribution in [1.82, 2.24) is 0 Å². The summed E-state index contributed by atoms with van der Waals surface area (Å²) in [6.45, 7) is 3.56. The van der Waals surface area contributed by atoms with E-state index >= 15 is 0 Å². The summed E-state index contributed by atoms with van der Waals surface area (Å²) in [7, 11) is 0. The second kappa shape index (κ2) is 5.74. The minimum absolute atomic E-state index is 0.304. The van der Waals surface area contributed by atoms with E-state index in [1.807, 2.05) is 11.8 Å². The molecular formula is C15H17F3N2. The molecule has 2 rings (SSSR count). The van der Waals surface area contributed by atoms with Crippen LogP contribution in [0.3, 0.4) is 0 Å². The van der Waals surface area contributed by atoms with Crippen molar-refractivity contribution in [3.8, 4) is 6.07 Å². The molecule has 1 aliphatic carbocycles. The number of anilines is 1. The van der Waals surface area contributed by atoms with E-state index in [4.69, 9.17) is 5.26 Å². The van der Waals surface area contributed by atoms with Gasteiger partial charge < -0.3 is 4.90 Å². The maximum atomic E-state index is 12.8. The first kappa shape index (κ1) is 14.7. The highest BCUT2D eigenvalue weighted by Crippen LogP contribution is 2.34. The summed E-state index contributed by atoms with van der Waals surface area (Å²) in [6.07, 6.45) is -0.877. The third kappa shape index (κ3) is 3.06. The van der Waals surface area contributed by atoms with Gasteiger partial charge in [0, 0.05) is 18.8 Å². The molecule has 0 radical (unpaired) electrons. The molecular weight excluding hydrogens is 265 g/mol. The van der Waals surface area contributed by atoms with Crippen molar-refractivity contribution in [2.75, 3.05) is 18.0 Å². The summed E-state index contributed by atoms with van der Waals surface area (Å²) < 4.78 is 38.3. The number of nitrogens with zero attached hydrogens (tertiary/aromatic N) is 2. The Morgan fingerprint density at radius 1 is 1.35 bits per heavy atom. The number of rotatable bonds is 4. The predicted molar refractivity (Wildman–Crippen MR) is 71.4 cm³/mol. The van der Waals surface area contributed by atoms with Crippen LogP contribution in [0.1, 0.15) is 37.3 Å². The molecule has 108 valence electrons. The maximum absolute atomic E-state index is 12.8. The molecule has 0 bridgehead atoms. The molecule has 1 aromatic carbocycles. The number of hydrogen-bond donors (Lipinski definition) is 0. The second-order valence-electron chi connectivity index (χ2n) is 5.18. The first-order valence-electron chi connectivity index (χ1n) is 6.82. The molecule has 1 aromatic rings. The average Bonchev–Trinajstić information content (AvgIpc) is 2.36. The molecule has 2 nitrogen and oxygen atoms in total. The Morgan fingerprint density at radius 2 is 2.05 bits per heavy atom. The molecule has 1 saturated carbocycles. The Morgan fingerprint density at radius 3 is 2.50 bits per heavy atom. The van der Waals surface area contributed by atoms with Crippen molar-refractivity contribution in [2.45, 2.75) is 32.4 Å². The molecule has 5 heteroatoms. The maximum Gasteiger partial charge on any atom is 0.417 e. The molecule has 0 atom stereocenters. The van der Waals surface area contributed by atoms with Crippen LogP contribution in [-0.4, -0.2) is 13.1 Å². The van der Waals surface area contributed by atoms with Gasteiger partial charge in [-0.3, -0.25) is 0 Å². The Labute approximate surface area is 116 Å². The van der Waals surface area contributed by atoms with Crippen LogP contribution in [0, 0.1) is 17.2 Å². The Hall–Kier alpha value is -1.70. The zero-order valence-corrected chi connectivity index (χ0v) is 11.4. The van der Waals surface area contributed by atoms with E-state index in [0.717, 1.165) is 19.2 Å².